The SMILES string of the molecule is CCNC(=NCc1ccc(S(=O)(=O)N(C)C)cc1)NCC.I. The molecule has 0 spiro atoms. The minimum atomic E-state index is -3.37. The summed E-state index contributed by atoms with van der Waals surface area (Å²) in [6.07, 6.45) is 0. The number of rotatable bonds is 6. The van der Waals surface area contributed by atoms with Crippen LogP contribution in [0.5, 0.6) is 0 Å². The fourth-order valence-electron chi connectivity index (χ4n) is 1.66. The molecule has 1 aromatic rings. The topological polar surface area (TPSA) is 73.8 Å². The summed E-state index contributed by atoms with van der Waals surface area (Å²) < 4.78 is 25.1. The van der Waals surface area contributed by atoms with E-state index >= 15 is 0 Å². The van der Waals surface area contributed by atoms with Crippen LogP contribution in [-0.2, 0) is 16.6 Å². The number of hydrogen-bond acceptors (Lipinski definition) is 3. The molecule has 0 saturated heterocycles. The summed E-state index contributed by atoms with van der Waals surface area (Å²) in [6.45, 7) is 6.11. The van der Waals surface area contributed by atoms with E-state index in [4.69, 9.17) is 0 Å². The van der Waals surface area contributed by atoms with Crippen LogP contribution in [0.2, 0.25) is 0 Å². The normalized spacial score (nSPS) is 10.8. The molecule has 0 aliphatic rings. The summed E-state index contributed by atoms with van der Waals surface area (Å²) in [7, 11) is -0.328. The van der Waals surface area contributed by atoms with Crippen molar-refractivity contribution in [2.75, 3.05) is 27.2 Å². The second kappa shape index (κ2) is 10.0. The van der Waals surface area contributed by atoms with Crippen molar-refractivity contribution in [2.24, 2.45) is 4.99 Å². The van der Waals surface area contributed by atoms with Crippen LogP contribution >= 0.6 is 24.0 Å². The maximum atomic E-state index is 12.0. The Morgan fingerprint density at radius 3 is 2.00 bits per heavy atom. The summed E-state index contributed by atoms with van der Waals surface area (Å²) in [6, 6.07) is 6.80. The van der Waals surface area contributed by atoms with Crippen LogP contribution in [-0.4, -0.2) is 45.9 Å². The third-order valence-electron chi connectivity index (χ3n) is 2.81. The highest BCUT2D eigenvalue weighted by atomic mass is 127. The molecule has 6 nitrogen and oxygen atoms in total. The van der Waals surface area contributed by atoms with E-state index in [0.29, 0.717) is 11.4 Å². The molecule has 8 heteroatoms. The van der Waals surface area contributed by atoms with E-state index in [1.54, 1.807) is 24.3 Å². The Morgan fingerprint density at radius 2 is 1.59 bits per heavy atom. The third kappa shape index (κ3) is 6.09. The van der Waals surface area contributed by atoms with Crippen molar-refractivity contribution < 1.29 is 8.42 Å². The fourth-order valence-corrected chi connectivity index (χ4v) is 2.56. The molecule has 0 unspecified atom stereocenters. The molecule has 1 aromatic carbocycles. The smallest absolute Gasteiger partial charge is 0.242 e. The van der Waals surface area contributed by atoms with Gasteiger partial charge in [0.25, 0.3) is 0 Å². The molecule has 0 atom stereocenters. The summed E-state index contributed by atoms with van der Waals surface area (Å²) in [5.74, 6) is 0.755. The average Bonchev–Trinajstić information content (AvgIpc) is 2.45. The summed E-state index contributed by atoms with van der Waals surface area (Å²) in [4.78, 5) is 4.73. The molecule has 0 bridgehead atoms. The predicted molar refractivity (Wildman–Crippen MR) is 101 cm³/mol. The Morgan fingerprint density at radius 1 is 1.09 bits per heavy atom. The lowest BCUT2D eigenvalue weighted by Crippen LogP contribution is -2.36. The Labute approximate surface area is 150 Å². The average molecular weight is 440 g/mol. The van der Waals surface area contributed by atoms with E-state index in [2.05, 4.69) is 15.6 Å². The summed E-state index contributed by atoms with van der Waals surface area (Å²) in [5.41, 5.74) is 0.959. The lowest BCUT2D eigenvalue weighted by atomic mass is 10.2. The molecule has 0 fully saturated rings. The second-order valence-electron chi connectivity index (χ2n) is 4.66. The maximum absolute atomic E-state index is 12.0. The number of halogens is 1. The van der Waals surface area contributed by atoms with Gasteiger partial charge < -0.3 is 10.6 Å². The van der Waals surface area contributed by atoms with Gasteiger partial charge in [0.2, 0.25) is 10.0 Å². The molecule has 1 rings (SSSR count). The highest BCUT2D eigenvalue weighted by Gasteiger charge is 2.16. The molecule has 0 aliphatic carbocycles. The monoisotopic (exact) mass is 440 g/mol. The molecule has 0 saturated carbocycles. The minimum Gasteiger partial charge on any atom is -0.357 e. The highest BCUT2D eigenvalue weighted by Crippen LogP contribution is 2.14. The van der Waals surface area contributed by atoms with Gasteiger partial charge in [0.15, 0.2) is 5.96 Å². The van der Waals surface area contributed by atoms with Crippen LogP contribution in [0.1, 0.15) is 19.4 Å². The van der Waals surface area contributed by atoms with Crippen LogP contribution in [0.4, 0.5) is 0 Å². The van der Waals surface area contributed by atoms with Gasteiger partial charge in [-0.1, -0.05) is 12.1 Å². The largest absolute Gasteiger partial charge is 0.357 e. The Hall–Kier alpha value is -0.870. The van der Waals surface area contributed by atoms with E-state index in [1.165, 1.54) is 18.4 Å². The van der Waals surface area contributed by atoms with Gasteiger partial charge in [0.05, 0.1) is 11.4 Å². The number of nitrogens with zero attached hydrogens (tertiary/aromatic N) is 2. The molecule has 0 heterocycles. The van der Waals surface area contributed by atoms with Crippen LogP contribution in [0.25, 0.3) is 0 Å². The maximum Gasteiger partial charge on any atom is 0.242 e. The van der Waals surface area contributed by atoms with Crippen LogP contribution in [0.15, 0.2) is 34.2 Å². The van der Waals surface area contributed by atoms with Gasteiger partial charge in [0.1, 0.15) is 0 Å². The fraction of sp³-hybridized carbons (Fsp3) is 0.500. The van der Waals surface area contributed by atoms with E-state index < -0.39 is 10.0 Å². The van der Waals surface area contributed by atoms with Gasteiger partial charge >= 0.3 is 0 Å². The molecular weight excluding hydrogens is 415 g/mol. The number of aliphatic imine (C=N–C) groups is 1. The van der Waals surface area contributed by atoms with Gasteiger partial charge in [0, 0.05) is 27.2 Å². The third-order valence-corrected chi connectivity index (χ3v) is 4.64. The van der Waals surface area contributed by atoms with Gasteiger partial charge in [-0.25, -0.2) is 17.7 Å². The molecule has 0 aromatic heterocycles. The van der Waals surface area contributed by atoms with Crippen molar-refractivity contribution in [3.63, 3.8) is 0 Å². The summed E-state index contributed by atoms with van der Waals surface area (Å²) in [5, 5.41) is 6.28. The number of guanidine groups is 1. The second-order valence-corrected chi connectivity index (χ2v) is 6.81. The lowest BCUT2D eigenvalue weighted by molar-refractivity contribution is 0.520. The zero-order valence-corrected chi connectivity index (χ0v) is 16.6. The van der Waals surface area contributed by atoms with Crippen molar-refractivity contribution in [2.45, 2.75) is 25.3 Å². The first-order valence-corrected chi connectivity index (χ1v) is 8.39. The van der Waals surface area contributed by atoms with Crippen molar-refractivity contribution >= 4 is 40.0 Å². The molecular formula is C14H25IN4O2S. The van der Waals surface area contributed by atoms with Gasteiger partial charge in [-0.3, -0.25) is 0 Å². The van der Waals surface area contributed by atoms with E-state index in [1.807, 2.05) is 13.8 Å². The molecule has 126 valence electrons. The van der Waals surface area contributed by atoms with Crippen molar-refractivity contribution in [1.82, 2.24) is 14.9 Å². The highest BCUT2D eigenvalue weighted by molar-refractivity contribution is 14.0. The first-order chi connectivity index (χ1) is 9.91. The van der Waals surface area contributed by atoms with E-state index in [9.17, 15) is 8.42 Å². The van der Waals surface area contributed by atoms with Gasteiger partial charge in [-0.05, 0) is 31.5 Å². The van der Waals surface area contributed by atoms with Crippen molar-refractivity contribution in [3.8, 4) is 0 Å². The lowest BCUT2D eigenvalue weighted by Gasteiger charge is -2.12. The molecule has 0 amide bonds. The van der Waals surface area contributed by atoms with Crippen molar-refractivity contribution in [1.29, 1.82) is 0 Å². The first kappa shape index (κ1) is 21.1. The summed E-state index contributed by atoms with van der Waals surface area (Å²) >= 11 is 0. The number of benzene rings is 1. The van der Waals surface area contributed by atoms with Crippen LogP contribution in [0.3, 0.4) is 0 Å². The van der Waals surface area contributed by atoms with E-state index in [0.717, 1.165) is 24.6 Å². The first-order valence-electron chi connectivity index (χ1n) is 6.95. The molecule has 2 N–H and O–H groups in total. The van der Waals surface area contributed by atoms with Gasteiger partial charge in [-0.15, -0.1) is 24.0 Å². The predicted octanol–water partition coefficient (Wildman–Crippen LogP) is 1.63. The number of nitrogens with one attached hydrogen (secondary N) is 2. The van der Waals surface area contributed by atoms with E-state index in [-0.39, 0.29) is 24.0 Å². The zero-order valence-electron chi connectivity index (χ0n) is 13.5. The van der Waals surface area contributed by atoms with Crippen molar-refractivity contribution in [3.05, 3.63) is 29.8 Å². The molecule has 0 aliphatic heterocycles. The Balaban J connectivity index is 0.00000441. The number of hydrogen-bond donors (Lipinski definition) is 2. The molecule has 0 radical (unpaired) electrons. The van der Waals surface area contributed by atoms with Crippen LogP contribution in [0, 0.1) is 0 Å². The quantitative estimate of drug-likeness (QED) is 0.401. The Kier molecular flexibility index (Phi) is 9.61. The number of sulfonamides is 1. The van der Waals surface area contributed by atoms with Gasteiger partial charge in [-0.2, -0.15) is 0 Å². The van der Waals surface area contributed by atoms with Crippen LogP contribution < -0.4 is 10.6 Å². The Bertz CT molecular complexity index is 563. The zero-order chi connectivity index (χ0) is 15.9. The molecule has 22 heavy (non-hydrogen) atoms. The minimum absolute atomic E-state index is 0. The standard InChI is InChI=1S/C14H24N4O2S.HI/c1-5-15-14(16-6-2)17-11-12-7-9-13(10-8-12)21(19,20)18(3)4;/h7-10H,5-6,11H2,1-4H3,(H2,15,16,17);1H.